The molecule has 0 spiro atoms. The molecule has 1 rings (SSSR count). The average molecular weight is 198 g/mol. The molecule has 0 saturated heterocycles. The van der Waals surface area contributed by atoms with Gasteiger partial charge in [-0.2, -0.15) is 14.0 Å². The molecule has 14 heavy (non-hydrogen) atoms. The van der Waals surface area contributed by atoms with Crippen LogP contribution in [0.5, 0.6) is 5.75 Å². The zero-order chi connectivity index (χ0) is 10.6. The summed E-state index contributed by atoms with van der Waals surface area (Å²) in [6, 6.07) is 6.04. The van der Waals surface area contributed by atoms with Crippen molar-refractivity contribution in [3.63, 3.8) is 0 Å². The van der Waals surface area contributed by atoms with Crippen molar-refractivity contribution in [2.45, 2.75) is 13.2 Å². The molecular formula is C9H8F2N2O. The fraction of sp³-hybridized carbons (Fsp3) is 0.222. The van der Waals surface area contributed by atoms with Gasteiger partial charge in [0.05, 0.1) is 5.56 Å². The highest BCUT2D eigenvalue weighted by atomic mass is 19.3. The minimum Gasteiger partial charge on any atom is -0.433 e. The Morgan fingerprint density at radius 3 is 2.71 bits per heavy atom. The molecule has 0 heterocycles. The summed E-state index contributed by atoms with van der Waals surface area (Å²) in [5, 5.41) is 8.64. The van der Waals surface area contributed by atoms with E-state index in [0.717, 1.165) is 0 Å². The largest absolute Gasteiger partial charge is 0.433 e. The summed E-state index contributed by atoms with van der Waals surface area (Å²) in [7, 11) is 0. The molecule has 0 bridgehead atoms. The van der Waals surface area contributed by atoms with E-state index in [1.807, 2.05) is 0 Å². The van der Waals surface area contributed by atoms with Crippen LogP contribution in [0.15, 0.2) is 18.2 Å². The molecule has 0 saturated carbocycles. The number of nitrogens with two attached hydrogens (primary N) is 1. The summed E-state index contributed by atoms with van der Waals surface area (Å²) in [4.78, 5) is 0. The highest BCUT2D eigenvalue weighted by Gasteiger charge is 2.09. The van der Waals surface area contributed by atoms with Crippen molar-refractivity contribution < 1.29 is 13.5 Å². The van der Waals surface area contributed by atoms with E-state index in [1.54, 1.807) is 12.1 Å². The van der Waals surface area contributed by atoms with Crippen molar-refractivity contribution in [2.24, 2.45) is 5.73 Å². The van der Waals surface area contributed by atoms with Gasteiger partial charge in [-0.25, -0.2) is 0 Å². The second kappa shape index (κ2) is 4.53. The van der Waals surface area contributed by atoms with Crippen molar-refractivity contribution in [1.82, 2.24) is 0 Å². The second-order valence-corrected chi connectivity index (χ2v) is 2.52. The topological polar surface area (TPSA) is 59.0 Å². The minimum absolute atomic E-state index is 0.0632. The molecule has 0 amide bonds. The van der Waals surface area contributed by atoms with E-state index >= 15 is 0 Å². The molecule has 0 atom stereocenters. The van der Waals surface area contributed by atoms with Crippen molar-refractivity contribution >= 4 is 0 Å². The fourth-order valence-corrected chi connectivity index (χ4v) is 0.990. The van der Waals surface area contributed by atoms with Crippen LogP contribution < -0.4 is 10.5 Å². The molecule has 0 aliphatic heterocycles. The lowest BCUT2D eigenvalue weighted by atomic mass is 10.1. The van der Waals surface area contributed by atoms with Gasteiger partial charge in [0.25, 0.3) is 0 Å². The molecule has 74 valence electrons. The Kier molecular flexibility index (Phi) is 3.37. The Morgan fingerprint density at radius 2 is 2.21 bits per heavy atom. The molecule has 0 unspecified atom stereocenters. The Morgan fingerprint density at radius 1 is 1.50 bits per heavy atom. The quantitative estimate of drug-likeness (QED) is 0.802. The summed E-state index contributed by atoms with van der Waals surface area (Å²) in [5.41, 5.74) is 6.09. The number of halogens is 2. The van der Waals surface area contributed by atoms with E-state index in [0.29, 0.717) is 5.56 Å². The first-order valence-corrected chi connectivity index (χ1v) is 3.85. The van der Waals surface area contributed by atoms with Crippen LogP contribution in [0.3, 0.4) is 0 Å². The predicted molar refractivity (Wildman–Crippen MR) is 45.7 cm³/mol. The number of hydrogen-bond acceptors (Lipinski definition) is 3. The van der Waals surface area contributed by atoms with E-state index < -0.39 is 6.61 Å². The summed E-state index contributed by atoms with van der Waals surface area (Å²) in [5.74, 6) is -0.125. The summed E-state index contributed by atoms with van der Waals surface area (Å²) >= 11 is 0. The lowest BCUT2D eigenvalue weighted by Crippen LogP contribution is -2.04. The SMILES string of the molecule is N#Cc1cc(CN)ccc1OC(F)F. The van der Waals surface area contributed by atoms with Crippen molar-refractivity contribution in [2.75, 3.05) is 0 Å². The molecular weight excluding hydrogens is 190 g/mol. The first-order valence-electron chi connectivity index (χ1n) is 3.85. The minimum atomic E-state index is -2.93. The third kappa shape index (κ3) is 2.41. The predicted octanol–water partition coefficient (Wildman–Crippen LogP) is 1.62. The van der Waals surface area contributed by atoms with Gasteiger partial charge in [-0.1, -0.05) is 6.07 Å². The Bertz CT molecular complexity index is 360. The third-order valence-electron chi connectivity index (χ3n) is 1.62. The van der Waals surface area contributed by atoms with Gasteiger partial charge >= 0.3 is 6.61 Å². The molecule has 0 radical (unpaired) electrons. The lowest BCUT2D eigenvalue weighted by Gasteiger charge is -2.06. The number of ether oxygens (including phenoxy) is 1. The number of hydrogen-bond donors (Lipinski definition) is 1. The summed E-state index contributed by atoms with van der Waals surface area (Å²) in [6.07, 6.45) is 0. The third-order valence-corrected chi connectivity index (χ3v) is 1.62. The molecule has 5 heteroatoms. The molecule has 0 fully saturated rings. The summed E-state index contributed by atoms with van der Waals surface area (Å²) in [6.45, 7) is -2.67. The Balaban J connectivity index is 3.01. The van der Waals surface area contributed by atoms with Gasteiger partial charge in [-0.3, -0.25) is 0 Å². The fourth-order valence-electron chi connectivity index (χ4n) is 0.990. The lowest BCUT2D eigenvalue weighted by molar-refractivity contribution is -0.0500. The van der Waals surface area contributed by atoms with E-state index in [9.17, 15) is 8.78 Å². The van der Waals surface area contributed by atoms with Crippen LogP contribution in [0.4, 0.5) is 8.78 Å². The van der Waals surface area contributed by atoms with E-state index in [1.165, 1.54) is 12.1 Å². The molecule has 3 nitrogen and oxygen atoms in total. The monoisotopic (exact) mass is 198 g/mol. The van der Waals surface area contributed by atoms with E-state index in [-0.39, 0.29) is 17.9 Å². The Hall–Kier alpha value is -1.67. The number of nitriles is 1. The first kappa shape index (κ1) is 10.4. The van der Waals surface area contributed by atoms with Gasteiger partial charge in [0.1, 0.15) is 11.8 Å². The molecule has 1 aromatic rings. The zero-order valence-corrected chi connectivity index (χ0v) is 7.21. The van der Waals surface area contributed by atoms with Crippen molar-refractivity contribution in [1.29, 1.82) is 5.26 Å². The summed E-state index contributed by atoms with van der Waals surface area (Å²) < 4.78 is 27.9. The van der Waals surface area contributed by atoms with E-state index in [4.69, 9.17) is 11.0 Å². The van der Waals surface area contributed by atoms with Crippen LogP contribution in [0.25, 0.3) is 0 Å². The van der Waals surface area contributed by atoms with Crippen LogP contribution in [0.1, 0.15) is 11.1 Å². The maximum Gasteiger partial charge on any atom is 0.387 e. The Labute approximate surface area is 79.7 Å². The van der Waals surface area contributed by atoms with Gasteiger partial charge in [0.2, 0.25) is 0 Å². The standard InChI is InChI=1S/C9H8F2N2O/c10-9(11)14-8-2-1-6(4-12)3-7(8)5-13/h1-3,9H,4,12H2. The molecule has 1 aromatic carbocycles. The second-order valence-electron chi connectivity index (χ2n) is 2.52. The smallest absolute Gasteiger partial charge is 0.387 e. The van der Waals surface area contributed by atoms with Gasteiger partial charge < -0.3 is 10.5 Å². The number of benzene rings is 1. The molecule has 0 aromatic heterocycles. The van der Waals surface area contributed by atoms with Crippen LogP contribution in [0, 0.1) is 11.3 Å². The molecule has 2 N–H and O–H groups in total. The maximum atomic E-state index is 11.9. The van der Waals surface area contributed by atoms with Crippen LogP contribution in [0.2, 0.25) is 0 Å². The van der Waals surface area contributed by atoms with Gasteiger partial charge in [0, 0.05) is 6.54 Å². The molecule has 0 aliphatic rings. The van der Waals surface area contributed by atoms with Crippen LogP contribution in [-0.2, 0) is 6.54 Å². The van der Waals surface area contributed by atoms with Gasteiger partial charge in [-0.05, 0) is 17.7 Å². The first-order chi connectivity index (χ1) is 6.67. The van der Waals surface area contributed by atoms with E-state index in [2.05, 4.69) is 4.74 Å². The van der Waals surface area contributed by atoms with Gasteiger partial charge in [0.15, 0.2) is 0 Å². The normalized spacial score (nSPS) is 9.93. The van der Waals surface area contributed by atoms with Crippen molar-refractivity contribution in [3.8, 4) is 11.8 Å². The van der Waals surface area contributed by atoms with Crippen LogP contribution in [-0.4, -0.2) is 6.61 Å². The van der Waals surface area contributed by atoms with Gasteiger partial charge in [-0.15, -0.1) is 0 Å². The highest BCUT2D eigenvalue weighted by molar-refractivity contribution is 5.45. The number of rotatable bonds is 3. The number of nitrogens with zero attached hydrogens (tertiary/aromatic N) is 1. The zero-order valence-electron chi connectivity index (χ0n) is 7.21. The molecule has 0 aliphatic carbocycles. The maximum absolute atomic E-state index is 11.9. The van der Waals surface area contributed by atoms with Crippen molar-refractivity contribution in [3.05, 3.63) is 29.3 Å². The van der Waals surface area contributed by atoms with Crippen LogP contribution >= 0.6 is 0 Å². The highest BCUT2D eigenvalue weighted by Crippen LogP contribution is 2.21. The number of alkyl halides is 2. The average Bonchev–Trinajstić information content (AvgIpc) is 2.17.